The predicted octanol–water partition coefficient (Wildman–Crippen LogP) is 0.446. The maximum absolute atomic E-state index is 12.6. The molecule has 23 heavy (non-hydrogen) atoms. The van der Waals surface area contributed by atoms with E-state index in [1.807, 2.05) is 6.07 Å². The molecule has 113 valence electrons. The van der Waals surface area contributed by atoms with E-state index in [0.29, 0.717) is 29.8 Å². The van der Waals surface area contributed by atoms with Crippen LogP contribution in [0.2, 0.25) is 0 Å². The number of nitrogens with zero attached hydrogens (tertiary/aromatic N) is 4. The summed E-state index contributed by atoms with van der Waals surface area (Å²) in [6, 6.07) is 8.55. The van der Waals surface area contributed by atoms with Crippen LogP contribution < -0.4 is 5.73 Å². The fourth-order valence-corrected chi connectivity index (χ4v) is 2.43. The Labute approximate surface area is 132 Å². The first-order valence-electron chi connectivity index (χ1n) is 6.95. The van der Waals surface area contributed by atoms with Crippen molar-refractivity contribution in [1.82, 2.24) is 14.9 Å². The van der Waals surface area contributed by atoms with Crippen LogP contribution in [0.4, 0.5) is 0 Å². The van der Waals surface area contributed by atoms with Gasteiger partial charge in [0.15, 0.2) is 0 Å². The van der Waals surface area contributed by atoms with Gasteiger partial charge in [0, 0.05) is 17.7 Å². The lowest BCUT2D eigenvalue weighted by molar-refractivity contribution is 0.0731. The van der Waals surface area contributed by atoms with E-state index >= 15 is 0 Å². The summed E-state index contributed by atoms with van der Waals surface area (Å²) in [6.45, 7) is 0.753. The lowest BCUT2D eigenvalue weighted by Gasteiger charge is -2.27. The molecule has 0 bridgehead atoms. The molecule has 3 rings (SSSR count). The Balaban J connectivity index is 1.86. The van der Waals surface area contributed by atoms with Gasteiger partial charge in [0.1, 0.15) is 0 Å². The van der Waals surface area contributed by atoms with Gasteiger partial charge in [-0.3, -0.25) is 9.59 Å². The van der Waals surface area contributed by atoms with Gasteiger partial charge in [0.2, 0.25) is 5.82 Å². The topological polar surface area (TPSA) is 113 Å². The van der Waals surface area contributed by atoms with Crippen molar-refractivity contribution in [3.05, 3.63) is 58.7 Å². The second kappa shape index (κ2) is 5.85. The molecule has 2 N–H and O–H groups in total. The van der Waals surface area contributed by atoms with Crippen LogP contribution in [-0.2, 0) is 13.0 Å². The number of primary amides is 1. The number of carbonyl (C=O) groups excluding carboxylic acids is 2. The normalized spacial score (nSPS) is 13.1. The Kier molecular flexibility index (Phi) is 3.73. The molecular weight excluding hydrogens is 294 g/mol. The lowest BCUT2D eigenvalue weighted by Crippen LogP contribution is -2.37. The Hall–Kier alpha value is -3.27. The Bertz CT molecular complexity index is 841. The molecule has 0 unspecified atom stereocenters. The van der Waals surface area contributed by atoms with Gasteiger partial charge in [0.05, 0.1) is 30.1 Å². The van der Waals surface area contributed by atoms with Crippen LogP contribution in [0, 0.1) is 17.5 Å². The van der Waals surface area contributed by atoms with Crippen LogP contribution in [-0.4, -0.2) is 33.2 Å². The first-order chi connectivity index (χ1) is 11.1. The van der Waals surface area contributed by atoms with E-state index in [9.17, 15) is 9.59 Å². The molecule has 0 aliphatic carbocycles. The molecule has 0 spiro atoms. The van der Waals surface area contributed by atoms with Crippen molar-refractivity contribution in [2.45, 2.75) is 13.0 Å². The summed E-state index contributed by atoms with van der Waals surface area (Å²) < 4.78 is 0. The van der Waals surface area contributed by atoms with E-state index < -0.39 is 5.91 Å². The highest BCUT2D eigenvalue weighted by Crippen LogP contribution is 2.18. The molecule has 7 nitrogen and oxygen atoms in total. The van der Waals surface area contributed by atoms with E-state index in [4.69, 9.17) is 11.0 Å². The monoisotopic (exact) mass is 306 g/mol. The zero-order valence-corrected chi connectivity index (χ0v) is 12.1. The van der Waals surface area contributed by atoms with Crippen LogP contribution in [0.3, 0.4) is 0 Å². The average Bonchev–Trinajstić information content (AvgIpc) is 2.60. The molecule has 1 aliphatic heterocycles. The lowest BCUT2D eigenvalue weighted by atomic mass is 10.0. The molecule has 0 fully saturated rings. The number of hydrogen-bond donors (Lipinski definition) is 1. The van der Waals surface area contributed by atoms with Crippen LogP contribution in [0.5, 0.6) is 0 Å². The molecule has 1 aromatic heterocycles. The van der Waals surface area contributed by atoms with E-state index in [1.54, 1.807) is 29.2 Å². The zero-order chi connectivity index (χ0) is 16.4. The van der Waals surface area contributed by atoms with Gasteiger partial charge in [0.25, 0.3) is 11.8 Å². The standard InChI is InChI=1S/C16H12N5O2/c17-7-10-2-1-3-11(6-10)16(23)21-5-4-12-8-19-15(14(18)22)20-13(12)9-21/h1-3,6H,4-5,9H2,(H2,18,22). The van der Waals surface area contributed by atoms with Crippen molar-refractivity contribution in [3.63, 3.8) is 0 Å². The largest absolute Gasteiger partial charge is 0.363 e. The summed E-state index contributed by atoms with van der Waals surface area (Å²) in [6.07, 6.45) is 3.32. The predicted molar refractivity (Wildman–Crippen MR) is 79.0 cm³/mol. The molecular formula is C16H12N5O2. The van der Waals surface area contributed by atoms with Crippen molar-refractivity contribution >= 4 is 11.8 Å². The quantitative estimate of drug-likeness (QED) is 0.865. The molecule has 2 aromatic rings. The Morgan fingerprint density at radius 3 is 2.96 bits per heavy atom. The maximum atomic E-state index is 12.6. The third-order valence-corrected chi connectivity index (χ3v) is 3.60. The van der Waals surface area contributed by atoms with Crippen molar-refractivity contribution in [2.24, 2.45) is 5.73 Å². The minimum atomic E-state index is -0.728. The van der Waals surface area contributed by atoms with Crippen molar-refractivity contribution in [3.8, 4) is 6.07 Å². The third kappa shape index (κ3) is 2.87. The van der Waals surface area contributed by atoms with E-state index in [0.717, 1.165) is 5.56 Å². The Morgan fingerprint density at radius 1 is 1.39 bits per heavy atom. The molecule has 1 aromatic carbocycles. The van der Waals surface area contributed by atoms with Gasteiger partial charge < -0.3 is 10.6 Å². The fraction of sp³-hybridized carbons (Fsp3) is 0.188. The van der Waals surface area contributed by atoms with E-state index in [1.165, 1.54) is 0 Å². The van der Waals surface area contributed by atoms with Gasteiger partial charge in [-0.1, -0.05) is 6.07 Å². The first-order valence-corrected chi connectivity index (χ1v) is 6.95. The summed E-state index contributed by atoms with van der Waals surface area (Å²) in [7, 11) is 0. The van der Waals surface area contributed by atoms with Crippen molar-refractivity contribution < 1.29 is 9.59 Å². The Morgan fingerprint density at radius 2 is 2.22 bits per heavy atom. The second-order valence-electron chi connectivity index (χ2n) is 5.12. The molecule has 2 amide bonds. The summed E-state index contributed by atoms with van der Waals surface area (Å²) in [5.74, 6) is -1.02. The van der Waals surface area contributed by atoms with Gasteiger partial charge in [-0.2, -0.15) is 5.26 Å². The molecule has 0 saturated carbocycles. The number of amides is 2. The number of hydrogen-bond acceptors (Lipinski definition) is 5. The number of carbonyl (C=O) groups is 2. The summed E-state index contributed by atoms with van der Waals surface area (Å²) in [5, 5.41) is 8.93. The number of benzene rings is 1. The van der Waals surface area contributed by atoms with Gasteiger partial charge >= 0.3 is 0 Å². The number of aromatic nitrogens is 2. The highest BCUT2D eigenvalue weighted by atomic mass is 16.2. The van der Waals surface area contributed by atoms with Crippen molar-refractivity contribution in [2.75, 3.05) is 6.54 Å². The number of nitrogens with two attached hydrogens (primary N) is 1. The van der Waals surface area contributed by atoms with Crippen LogP contribution in [0.1, 0.15) is 37.8 Å². The summed E-state index contributed by atoms with van der Waals surface area (Å²) in [4.78, 5) is 33.2. The summed E-state index contributed by atoms with van der Waals surface area (Å²) >= 11 is 0. The van der Waals surface area contributed by atoms with Crippen molar-refractivity contribution in [1.29, 1.82) is 5.26 Å². The minimum Gasteiger partial charge on any atom is -0.363 e. The molecule has 0 atom stereocenters. The molecule has 1 radical (unpaired) electrons. The molecule has 7 heteroatoms. The van der Waals surface area contributed by atoms with E-state index in [2.05, 4.69) is 16.2 Å². The fourth-order valence-electron chi connectivity index (χ4n) is 2.43. The maximum Gasteiger partial charge on any atom is 0.286 e. The van der Waals surface area contributed by atoms with E-state index in [-0.39, 0.29) is 18.3 Å². The molecule has 0 saturated heterocycles. The van der Waals surface area contributed by atoms with Crippen LogP contribution in [0.15, 0.2) is 24.3 Å². The highest BCUT2D eigenvalue weighted by molar-refractivity contribution is 5.94. The zero-order valence-electron chi connectivity index (χ0n) is 12.1. The average molecular weight is 306 g/mol. The van der Waals surface area contributed by atoms with Crippen LogP contribution in [0.25, 0.3) is 0 Å². The second-order valence-corrected chi connectivity index (χ2v) is 5.12. The summed E-state index contributed by atoms with van der Waals surface area (Å²) in [5.41, 5.74) is 7.40. The van der Waals surface area contributed by atoms with Gasteiger partial charge in [-0.25, -0.2) is 9.97 Å². The molecule has 2 heterocycles. The smallest absolute Gasteiger partial charge is 0.286 e. The molecule has 1 aliphatic rings. The number of nitriles is 1. The number of rotatable bonds is 2. The SMILES string of the molecule is N#Cc1cccc(C(=O)N2CCc3[c]nc(C(N)=O)nc3C2)c1. The van der Waals surface area contributed by atoms with Gasteiger partial charge in [-0.15, -0.1) is 0 Å². The van der Waals surface area contributed by atoms with Gasteiger partial charge in [-0.05, 0) is 24.6 Å². The minimum absolute atomic E-state index is 0.107. The first kappa shape index (κ1) is 14.7. The van der Waals surface area contributed by atoms with Crippen LogP contribution >= 0.6 is 0 Å². The third-order valence-electron chi connectivity index (χ3n) is 3.60. The highest BCUT2D eigenvalue weighted by Gasteiger charge is 2.24. The number of fused-ring (bicyclic) bond motifs is 1.